The Hall–Kier alpha value is -2.53. The number of benzene rings is 2. The molecule has 6 heteroatoms. The number of hydrogen-bond acceptors (Lipinski definition) is 4. The number of hydrogen-bond donors (Lipinski definition) is 1. The zero-order valence-corrected chi connectivity index (χ0v) is 16.9. The largest absolute Gasteiger partial charge is 0.482 e. The van der Waals surface area contributed by atoms with Gasteiger partial charge in [0, 0.05) is 10.7 Å². The molecule has 0 fully saturated rings. The number of esters is 1. The Labute approximate surface area is 164 Å². The molecule has 0 bridgehead atoms. The highest BCUT2D eigenvalue weighted by Gasteiger charge is 2.19. The molecular weight excluding hydrogens is 366 g/mol. The minimum Gasteiger partial charge on any atom is -0.482 e. The second-order valence-electron chi connectivity index (χ2n) is 6.59. The van der Waals surface area contributed by atoms with Gasteiger partial charge in [-0.15, -0.1) is 0 Å². The van der Waals surface area contributed by atoms with E-state index in [0.29, 0.717) is 10.8 Å². The number of amides is 1. The van der Waals surface area contributed by atoms with Gasteiger partial charge in [-0.25, -0.2) is 4.79 Å². The van der Waals surface area contributed by atoms with Crippen molar-refractivity contribution in [3.8, 4) is 5.75 Å². The first-order valence-electron chi connectivity index (χ1n) is 8.64. The molecule has 0 saturated carbocycles. The predicted octanol–water partition coefficient (Wildman–Crippen LogP) is 4.52. The monoisotopic (exact) mass is 389 g/mol. The molecule has 27 heavy (non-hydrogen) atoms. The molecule has 0 spiro atoms. The summed E-state index contributed by atoms with van der Waals surface area (Å²) in [5, 5.41) is 3.45. The molecule has 2 rings (SSSR count). The highest BCUT2D eigenvalue weighted by molar-refractivity contribution is 6.31. The molecule has 144 valence electrons. The van der Waals surface area contributed by atoms with E-state index < -0.39 is 12.1 Å². The van der Waals surface area contributed by atoms with Crippen molar-refractivity contribution in [1.82, 2.24) is 0 Å². The molecule has 0 saturated heterocycles. The first-order chi connectivity index (χ1) is 12.7. The number of aryl methyl sites for hydroxylation is 4. The molecule has 0 aliphatic carbocycles. The van der Waals surface area contributed by atoms with Crippen LogP contribution in [0.25, 0.3) is 0 Å². The lowest BCUT2D eigenvalue weighted by molar-refractivity contribution is -0.155. The van der Waals surface area contributed by atoms with Crippen LogP contribution in [0.4, 0.5) is 5.69 Å². The van der Waals surface area contributed by atoms with Crippen LogP contribution in [0.1, 0.15) is 29.2 Å². The molecule has 0 aromatic heterocycles. The van der Waals surface area contributed by atoms with Crippen molar-refractivity contribution in [3.63, 3.8) is 0 Å². The summed E-state index contributed by atoms with van der Waals surface area (Å²) >= 11 is 5.95. The van der Waals surface area contributed by atoms with Crippen molar-refractivity contribution in [3.05, 3.63) is 57.6 Å². The molecule has 0 unspecified atom stereocenters. The summed E-state index contributed by atoms with van der Waals surface area (Å²) in [5.41, 5.74) is 4.62. The summed E-state index contributed by atoms with van der Waals surface area (Å²) in [7, 11) is 0. The Kier molecular flexibility index (Phi) is 6.86. The van der Waals surface area contributed by atoms with E-state index in [1.165, 1.54) is 6.92 Å². The number of anilines is 1. The third-order valence-electron chi connectivity index (χ3n) is 4.09. The zero-order chi connectivity index (χ0) is 20.1. The average molecular weight is 390 g/mol. The van der Waals surface area contributed by atoms with Crippen LogP contribution in [0.3, 0.4) is 0 Å². The molecule has 0 radical (unpaired) electrons. The number of rotatable bonds is 6. The summed E-state index contributed by atoms with van der Waals surface area (Å²) in [6.07, 6.45) is -0.937. The predicted molar refractivity (Wildman–Crippen MR) is 107 cm³/mol. The number of carbonyl (C=O) groups excluding carboxylic acids is 2. The van der Waals surface area contributed by atoms with Gasteiger partial charge in [0.15, 0.2) is 12.7 Å². The van der Waals surface area contributed by atoms with Crippen molar-refractivity contribution < 1.29 is 19.1 Å². The molecule has 0 heterocycles. The second-order valence-corrected chi connectivity index (χ2v) is 7.00. The van der Waals surface area contributed by atoms with E-state index in [4.69, 9.17) is 21.1 Å². The normalized spacial score (nSPS) is 11.6. The SMILES string of the molecule is Cc1cc(C)c(NC(=O)[C@@H](C)OC(=O)COc2ccc(Cl)c(C)c2)c(C)c1. The molecule has 5 nitrogen and oxygen atoms in total. The van der Waals surface area contributed by atoms with Crippen molar-refractivity contribution in [2.45, 2.75) is 40.7 Å². The van der Waals surface area contributed by atoms with Crippen LogP contribution >= 0.6 is 11.6 Å². The summed E-state index contributed by atoms with van der Waals surface area (Å²) in [5.74, 6) is -0.500. The van der Waals surface area contributed by atoms with Gasteiger partial charge >= 0.3 is 5.97 Å². The second kappa shape index (κ2) is 8.91. The van der Waals surface area contributed by atoms with E-state index in [0.717, 1.165) is 27.9 Å². The van der Waals surface area contributed by atoms with Crippen LogP contribution in [0, 0.1) is 27.7 Å². The fourth-order valence-electron chi connectivity index (χ4n) is 2.74. The maximum Gasteiger partial charge on any atom is 0.344 e. The van der Waals surface area contributed by atoms with Crippen molar-refractivity contribution >= 4 is 29.2 Å². The van der Waals surface area contributed by atoms with Crippen LogP contribution in [0.5, 0.6) is 5.75 Å². The van der Waals surface area contributed by atoms with E-state index in [1.54, 1.807) is 18.2 Å². The number of nitrogens with one attached hydrogen (secondary N) is 1. The first kappa shape index (κ1) is 20.8. The Bertz CT molecular complexity index is 840. The molecule has 1 N–H and O–H groups in total. The topological polar surface area (TPSA) is 64.6 Å². The fraction of sp³-hybridized carbons (Fsp3) is 0.333. The van der Waals surface area contributed by atoms with Crippen LogP contribution in [0.2, 0.25) is 5.02 Å². The molecule has 1 atom stereocenters. The summed E-state index contributed by atoms with van der Waals surface area (Å²) in [4.78, 5) is 24.3. The van der Waals surface area contributed by atoms with Crippen molar-refractivity contribution in [2.75, 3.05) is 11.9 Å². The van der Waals surface area contributed by atoms with E-state index in [2.05, 4.69) is 5.32 Å². The summed E-state index contributed by atoms with van der Waals surface area (Å²) in [6.45, 7) is 8.93. The van der Waals surface area contributed by atoms with Crippen molar-refractivity contribution in [2.24, 2.45) is 0 Å². The Morgan fingerprint density at radius 2 is 1.67 bits per heavy atom. The van der Waals surface area contributed by atoms with Crippen LogP contribution in [-0.2, 0) is 14.3 Å². The molecule has 0 aliphatic heterocycles. The third-order valence-corrected chi connectivity index (χ3v) is 4.51. The van der Waals surface area contributed by atoms with Gasteiger partial charge in [-0.1, -0.05) is 29.3 Å². The van der Waals surface area contributed by atoms with Gasteiger partial charge in [0.05, 0.1) is 0 Å². The Morgan fingerprint density at radius 3 is 2.26 bits per heavy atom. The minimum atomic E-state index is -0.937. The van der Waals surface area contributed by atoms with Gasteiger partial charge in [0.1, 0.15) is 5.75 Å². The Balaban J connectivity index is 1.90. The molecule has 1 amide bonds. The van der Waals surface area contributed by atoms with Gasteiger partial charge in [-0.3, -0.25) is 4.79 Å². The van der Waals surface area contributed by atoms with E-state index in [9.17, 15) is 9.59 Å². The zero-order valence-electron chi connectivity index (χ0n) is 16.2. The maximum absolute atomic E-state index is 12.3. The minimum absolute atomic E-state index is 0.290. The van der Waals surface area contributed by atoms with Crippen LogP contribution < -0.4 is 10.1 Å². The molecule has 2 aromatic rings. The van der Waals surface area contributed by atoms with Gasteiger partial charge < -0.3 is 14.8 Å². The average Bonchev–Trinajstić information content (AvgIpc) is 2.58. The number of carbonyl (C=O) groups is 2. The van der Waals surface area contributed by atoms with E-state index in [1.807, 2.05) is 39.8 Å². The van der Waals surface area contributed by atoms with E-state index in [-0.39, 0.29) is 12.5 Å². The lowest BCUT2D eigenvalue weighted by Gasteiger charge is -2.17. The highest BCUT2D eigenvalue weighted by Crippen LogP contribution is 2.23. The van der Waals surface area contributed by atoms with Gasteiger partial charge in [-0.05, 0) is 69.5 Å². The number of halogens is 1. The van der Waals surface area contributed by atoms with Gasteiger partial charge in [0.2, 0.25) is 0 Å². The quantitative estimate of drug-likeness (QED) is 0.737. The maximum atomic E-state index is 12.3. The Morgan fingerprint density at radius 1 is 1.04 bits per heavy atom. The lowest BCUT2D eigenvalue weighted by Crippen LogP contribution is -2.32. The molecule has 2 aromatic carbocycles. The first-order valence-corrected chi connectivity index (χ1v) is 9.02. The fourth-order valence-corrected chi connectivity index (χ4v) is 2.85. The van der Waals surface area contributed by atoms with Crippen molar-refractivity contribution in [1.29, 1.82) is 0 Å². The van der Waals surface area contributed by atoms with Crippen LogP contribution in [0.15, 0.2) is 30.3 Å². The summed E-state index contributed by atoms with van der Waals surface area (Å²) < 4.78 is 10.6. The lowest BCUT2D eigenvalue weighted by atomic mass is 10.0. The highest BCUT2D eigenvalue weighted by atomic mass is 35.5. The smallest absolute Gasteiger partial charge is 0.344 e. The van der Waals surface area contributed by atoms with Gasteiger partial charge in [-0.2, -0.15) is 0 Å². The summed E-state index contributed by atoms with van der Waals surface area (Å²) in [6, 6.07) is 9.07. The number of ether oxygens (including phenoxy) is 2. The standard InChI is InChI=1S/C21H24ClNO4/c1-12-8-14(3)20(15(4)9-12)23-21(25)16(5)27-19(24)11-26-17-6-7-18(22)13(2)10-17/h6-10,16H,11H2,1-5H3,(H,23,25)/t16-/m1/s1. The molecular formula is C21H24ClNO4. The molecule has 0 aliphatic rings. The van der Waals surface area contributed by atoms with Crippen LogP contribution in [-0.4, -0.2) is 24.6 Å². The third kappa shape index (κ3) is 5.73. The van der Waals surface area contributed by atoms with Gasteiger partial charge in [0.25, 0.3) is 5.91 Å². The van der Waals surface area contributed by atoms with E-state index >= 15 is 0 Å².